The van der Waals surface area contributed by atoms with Crippen LogP contribution in [0, 0.1) is 11.6 Å². The number of hydrogen-bond donors (Lipinski definition) is 1. The highest BCUT2D eigenvalue weighted by Gasteiger charge is 2.09. The van der Waals surface area contributed by atoms with E-state index in [0.717, 1.165) is 0 Å². The van der Waals surface area contributed by atoms with Crippen molar-refractivity contribution >= 4 is 28.7 Å². The van der Waals surface area contributed by atoms with Crippen LogP contribution < -0.4 is 10.2 Å². The molecule has 156 valence electrons. The Bertz CT molecular complexity index is 1040. The third kappa shape index (κ3) is 6.08. The molecule has 0 aliphatic carbocycles. The number of halogens is 2. The van der Waals surface area contributed by atoms with Gasteiger partial charge in [-0.05, 0) is 25.1 Å². The monoisotopic (exact) mass is 431 g/mol. The number of rotatable bonds is 9. The van der Waals surface area contributed by atoms with Crippen LogP contribution in [0.2, 0.25) is 0 Å². The first-order chi connectivity index (χ1) is 14.5. The number of esters is 1. The minimum Gasteiger partial charge on any atom is -0.488 e. The second-order valence-electron chi connectivity index (χ2n) is 6.06. The Kier molecular flexibility index (Phi) is 7.45. The second kappa shape index (κ2) is 10.4. The zero-order chi connectivity index (χ0) is 21.3. The van der Waals surface area contributed by atoms with Crippen molar-refractivity contribution in [3.8, 4) is 5.75 Å². The lowest BCUT2D eigenvalue weighted by atomic mass is 10.2. The maximum atomic E-state index is 13.8. The zero-order valence-corrected chi connectivity index (χ0v) is 16.9. The molecule has 3 aromatic rings. The molecule has 1 heterocycles. The molecule has 9 heteroatoms. The van der Waals surface area contributed by atoms with E-state index in [4.69, 9.17) is 9.47 Å². The van der Waals surface area contributed by atoms with E-state index in [2.05, 4.69) is 15.5 Å². The first kappa shape index (κ1) is 21.4. The van der Waals surface area contributed by atoms with Crippen LogP contribution in [0.15, 0.2) is 52.9 Å². The summed E-state index contributed by atoms with van der Waals surface area (Å²) in [4.78, 5) is 15.7. The van der Waals surface area contributed by atoms with Crippen molar-refractivity contribution < 1.29 is 23.0 Å². The van der Waals surface area contributed by atoms with E-state index in [0.29, 0.717) is 28.6 Å². The van der Waals surface area contributed by atoms with Crippen LogP contribution in [0.1, 0.15) is 23.7 Å². The van der Waals surface area contributed by atoms with Crippen LogP contribution in [0.4, 0.5) is 13.9 Å². The molecule has 0 radical (unpaired) electrons. The van der Waals surface area contributed by atoms with Crippen molar-refractivity contribution in [3.63, 3.8) is 0 Å². The van der Waals surface area contributed by atoms with Crippen LogP contribution >= 0.6 is 11.3 Å². The summed E-state index contributed by atoms with van der Waals surface area (Å²) in [6.07, 6.45) is 1.53. The number of benzene rings is 2. The molecule has 0 spiro atoms. The molecule has 2 aromatic carbocycles. The number of carbonyl (C=O) groups is 1. The van der Waals surface area contributed by atoms with Crippen LogP contribution in [-0.2, 0) is 22.6 Å². The molecule has 3 rings (SSSR count). The topological polar surface area (TPSA) is 72.8 Å². The van der Waals surface area contributed by atoms with Gasteiger partial charge in [0, 0.05) is 22.6 Å². The summed E-state index contributed by atoms with van der Waals surface area (Å²) in [5, 5.41) is 6.30. The van der Waals surface area contributed by atoms with Crippen molar-refractivity contribution in [2.24, 2.45) is 5.10 Å². The van der Waals surface area contributed by atoms with Gasteiger partial charge in [0.15, 0.2) is 0 Å². The Morgan fingerprint density at radius 3 is 2.90 bits per heavy atom. The van der Waals surface area contributed by atoms with Crippen molar-refractivity contribution in [3.05, 3.63) is 76.3 Å². The average Bonchev–Trinajstić information content (AvgIpc) is 3.16. The fourth-order valence-corrected chi connectivity index (χ4v) is 3.13. The van der Waals surface area contributed by atoms with E-state index < -0.39 is 11.6 Å². The highest BCUT2D eigenvalue weighted by atomic mass is 32.1. The summed E-state index contributed by atoms with van der Waals surface area (Å²) in [5.41, 5.74) is 4.20. The summed E-state index contributed by atoms with van der Waals surface area (Å²) in [6, 6.07) is 10.2. The van der Waals surface area contributed by atoms with Gasteiger partial charge < -0.3 is 9.47 Å². The average molecular weight is 431 g/mol. The highest BCUT2D eigenvalue weighted by molar-refractivity contribution is 7.13. The number of carbonyl (C=O) groups excluding carboxylic acids is 1. The van der Waals surface area contributed by atoms with Crippen LogP contribution in [0.3, 0.4) is 0 Å². The minimum absolute atomic E-state index is 0.0475. The van der Waals surface area contributed by atoms with Gasteiger partial charge >= 0.3 is 5.97 Å². The van der Waals surface area contributed by atoms with Crippen LogP contribution in [0.5, 0.6) is 5.75 Å². The number of anilines is 1. The van der Waals surface area contributed by atoms with E-state index in [1.165, 1.54) is 41.8 Å². The number of nitrogens with one attached hydrogen (secondary N) is 1. The van der Waals surface area contributed by atoms with E-state index in [-0.39, 0.29) is 24.7 Å². The number of ether oxygens (including phenoxy) is 2. The van der Waals surface area contributed by atoms with Gasteiger partial charge in [-0.3, -0.25) is 10.2 Å². The molecule has 0 atom stereocenters. The van der Waals surface area contributed by atoms with Crippen molar-refractivity contribution in [1.29, 1.82) is 0 Å². The van der Waals surface area contributed by atoms with Crippen LogP contribution in [0.25, 0.3) is 0 Å². The predicted molar refractivity (Wildman–Crippen MR) is 111 cm³/mol. The Balaban J connectivity index is 1.63. The molecule has 6 nitrogen and oxygen atoms in total. The second-order valence-corrected chi connectivity index (χ2v) is 6.92. The molecular formula is C21H19F2N3O3S. The lowest BCUT2D eigenvalue weighted by molar-refractivity contribution is -0.142. The number of nitrogens with zero attached hydrogens (tertiary/aromatic N) is 2. The van der Waals surface area contributed by atoms with E-state index in [1.54, 1.807) is 30.5 Å². The maximum Gasteiger partial charge on any atom is 0.311 e. The van der Waals surface area contributed by atoms with Gasteiger partial charge in [-0.15, -0.1) is 11.3 Å². The third-order valence-corrected chi connectivity index (χ3v) is 4.66. The largest absolute Gasteiger partial charge is 0.488 e. The van der Waals surface area contributed by atoms with E-state index >= 15 is 0 Å². The lowest BCUT2D eigenvalue weighted by Crippen LogP contribution is -2.07. The third-order valence-electron chi connectivity index (χ3n) is 3.86. The van der Waals surface area contributed by atoms with Crippen molar-refractivity contribution in [2.45, 2.75) is 20.0 Å². The van der Waals surface area contributed by atoms with Gasteiger partial charge in [-0.2, -0.15) is 5.10 Å². The summed E-state index contributed by atoms with van der Waals surface area (Å²) >= 11 is 1.28. The van der Waals surface area contributed by atoms with Gasteiger partial charge in [0.1, 0.15) is 24.0 Å². The fourth-order valence-electron chi connectivity index (χ4n) is 2.47. The molecule has 0 amide bonds. The molecule has 1 N–H and O–H groups in total. The predicted octanol–water partition coefficient (Wildman–Crippen LogP) is 4.55. The Morgan fingerprint density at radius 1 is 1.27 bits per heavy atom. The summed E-state index contributed by atoms with van der Waals surface area (Å²) in [7, 11) is 0. The first-order valence-electron chi connectivity index (χ1n) is 9.10. The summed E-state index contributed by atoms with van der Waals surface area (Å²) in [6.45, 7) is 2.01. The Labute approximate surface area is 176 Å². The number of thiazole rings is 1. The Hall–Kier alpha value is -3.33. The maximum absolute atomic E-state index is 13.8. The molecule has 0 unspecified atom stereocenters. The zero-order valence-electron chi connectivity index (χ0n) is 16.1. The fraction of sp³-hybridized carbons (Fsp3) is 0.190. The molecule has 0 aliphatic rings. The van der Waals surface area contributed by atoms with Gasteiger partial charge in [0.2, 0.25) is 5.13 Å². The van der Waals surface area contributed by atoms with Gasteiger partial charge in [0.05, 0.1) is 24.9 Å². The van der Waals surface area contributed by atoms with E-state index in [1.807, 2.05) is 0 Å². The molecule has 0 saturated heterocycles. The molecular weight excluding hydrogens is 412 g/mol. The normalized spacial score (nSPS) is 10.9. The number of hydrazone groups is 1. The molecule has 1 aromatic heterocycles. The minimum atomic E-state index is -0.479. The van der Waals surface area contributed by atoms with Crippen molar-refractivity contribution in [2.75, 3.05) is 12.0 Å². The van der Waals surface area contributed by atoms with Crippen molar-refractivity contribution in [1.82, 2.24) is 4.98 Å². The lowest BCUT2D eigenvalue weighted by Gasteiger charge is -2.10. The molecule has 0 saturated carbocycles. The van der Waals surface area contributed by atoms with Gasteiger partial charge in [-0.25, -0.2) is 13.8 Å². The molecule has 0 aliphatic heterocycles. The van der Waals surface area contributed by atoms with Gasteiger partial charge in [0.25, 0.3) is 0 Å². The smallest absolute Gasteiger partial charge is 0.311 e. The quantitative estimate of drug-likeness (QED) is 0.306. The summed E-state index contributed by atoms with van der Waals surface area (Å²) < 4.78 is 37.9. The molecule has 0 bridgehead atoms. The number of hydrogen-bond acceptors (Lipinski definition) is 7. The molecule has 0 fully saturated rings. The standard InChI is InChI=1S/C21H19F2N3O3S/c1-2-28-20(27)10-17-13-30-21(25-17)26-24-11-14-7-8-16(22)9-19(14)29-12-15-5-3-4-6-18(15)23/h3-9,11,13H,2,10,12H2,1H3,(H,25,26). The van der Waals surface area contributed by atoms with E-state index in [9.17, 15) is 13.6 Å². The first-order valence-corrected chi connectivity index (χ1v) is 9.98. The summed E-state index contributed by atoms with van der Waals surface area (Å²) in [5.74, 6) is -0.993. The van der Waals surface area contributed by atoms with Gasteiger partial charge in [-0.1, -0.05) is 18.2 Å². The SMILES string of the molecule is CCOC(=O)Cc1csc(NN=Cc2ccc(F)cc2OCc2ccccc2F)n1. The number of aromatic nitrogens is 1. The molecule has 30 heavy (non-hydrogen) atoms. The van der Waals surface area contributed by atoms with Crippen LogP contribution in [-0.4, -0.2) is 23.8 Å². The Morgan fingerprint density at radius 2 is 2.10 bits per heavy atom. The highest BCUT2D eigenvalue weighted by Crippen LogP contribution is 2.21.